The first-order valence-electron chi connectivity index (χ1n) is 9.98. The van der Waals surface area contributed by atoms with Gasteiger partial charge in [0.2, 0.25) is 0 Å². The molecule has 3 atom stereocenters. The van der Waals surface area contributed by atoms with Crippen molar-refractivity contribution in [2.24, 2.45) is 11.8 Å². The van der Waals surface area contributed by atoms with E-state index in [2.05, 4.69) is 6.92 Å². The van der Waals surface area contributed by atoms with Crippen molar-refractivity contribution in [1.29, 1.82) is 0 Å². The summed E-state index contributed by atoms with van der Waals surface area (Å²) in [5, 5.41) is 11.2. The molecule has 1 heteroatoms. The fourth-order valence-electron chi connectivity index (χ4n) is 4.46. The Balaban J connectivity index is 1.83. The molecular weight excluding hydrogens is 256 g/mol. The van der Waals surface area contributed by atoms with Gasteiger partial charge in [0, 0.05) is 0 Å². The molecule has 0 heterocycles. The third kappa shape index (κ3) is 5.93. The van der Waals surface area contributed by atoms with E-state index in [0.29, 0.717) is 5.92 Å². The van der Waals surface area contributed by atoms with E-state index in [1.165, 1.54) is 89.9 Å². The number of aliphatic hydroxyl groups is 1. The van der Waals surface area contributed by atoms with Crippen molar-refractivity contribution in [2.75, 3.05) is 0 Å². The van der Waals surface area contributed by atoms with Crippen LogP contribution in [-0.4, -0.2) is 10.7 Å². The van der Waals surface area contributed by atoms with Gasteiger partial charge in [-0.05, 0) is 31.1 Å². The molecule has 0 aromatic rings. The first-order chi connectivity index (χ1) is 10.3. The highest BCUT2D eigenvalue weighted by Gasteiger charge is 2.50. The van der Waals surface area contributed by atoms with E-state index in [1.54, 1.807) is 0 Å². The van der Waals surface area contributed by atoms with Crippen molar-refractivity contribution in [3.05, 3.63) is 0 Å². The number of fused-ring (bicyclic) bond motifs is 1. The topological polar surface area (TPSA) is 20.2 Å². The minimum absolute atomic E-state index is 0.305. The van der Waals surface area contributed by atoms with E-state index >= 15 is 0 Å². The van der Waals surface area contributed by atoms with Crippen LogP contribution in [0.2, 0.25) is 0 Å². The van der Waals surface area contributed by atoms with Gasteiger partial charge < -0.3 is 5.11 Å². The Bertz CT molecular complexity index is 275. The molecule has 0 bridgehead atoms. The Morgan fingerprint density at radius 2 is 1.43 bits per heavy atom. The number of rotatable bonds is 3. The highest BCUT2D eigenvalue weighted by atomic mass is 16.3. The lowest BCUT2D eigenvalue weighted by molar-refractivity contribution is -0.00890. The summed E-state index contributed by atoms with van der Waals surface area (Å²) in [5.74, 6) is 1.51. The first kappa shape index (κ1) is 17.3. The Morgan fingerprint density at radius 3 is 2.05 bits per heavy atom. The summed E-state index contributed by atoms with van der Waals surface area (Å²) in [5.41, 5.74) is -0.305. The van der Waals surface area contributed by atoms with Crippen LogP contribution in [0, 0.1) is 11.8 Å². The fraction of sp³-hybridized carbons (Fsp3) is 1.00. The molecule has 124 valence electrons. The summed E-state index contributed by atoms with van der Waals surface area (Å²) in [4.78, 5) is 0. The second-order valence-electron chi connectivity index (χ2n) is 7.88. The van der Waals surface area contributed by atoms with Gasteiger partial charge in [0.15, 0.2) is 0 Å². The molecule has 2 aliphatic carbocycles. The van der Waals surface area contributed by atoms with Gasteiger partial charge in [0.1, 0.15) is 0 Å². The van der Waals surface area contributed by atoms with E-state index in [0.717, 1.165) is 18.8 Å². The molecule has 21 heavy (non-hydrogen) atoms. The summed E-state index contributed by atoms with van der Waals surface area (Å²) in [6.07, 6.45) is 21.3. The normalized spacial score (nSPS) is 36.3. The predicted octanol–water partition coefficient (Wildman–Crippen LogP) is 6.24. The molecule has 0 radical (unpaired) electrons. The molecule has 1 nitrogen and oxygen atoms in total. The first-order valence-corrected chi connectivity index (χ1v) is 9.98. The second-order valence-corrected chi connectivity index (χ2v) is 7.88. The average Bonchev–Trinajstić information content (AvgIpc) is 3.26. The summed E-state index contributed by atoms with van der Waals surface area (Å²) >= 11 is 0. The molecule has 0 aromatic heterocycles. The standard InChI is InChI=1S/C20H38O/c1-2-3-15-20(21)16-13-11-9-7-5-4-6-8-10-12-14-18-17-19(18)20/h18-19,21H,2-17H2,1H3/t18-,19-,20-/m0/s1. The molecule has 0 spiro atoms. The van der Waals surface area contributed by atoms with Crippen molar-refractivity contribution in [3.63, 3.8) is 0 Å². The minimum Gasteiger partial charge on any atom is -0.390 e. The Kier molecular flexibility index (Phi) is 7.57. The molecule has 2 aliphatic rings. The van der Waals surface area contributed by atoms with Gasteiger partial charge in [0.05, 0.1) is 5.60 Å². The van der Waals surface area contributed by atoms with Crippen molar-refractivity contribution >= 4 is 0 Å². The maximum atomic E-state index is 11.2. The quantitative estimate of drug-likeness (QED) is 0.653. The van der Waals surface area contributed by atoms with Crippen molar-refractivity contribution < 1.29 is 5.11 Å². The van der Waals surface area contributed by atoms with Crippen molar-refractivity contribution in [3.8, 4) is 0 Å². The fourth-order valence-corrected chi connectivity index (χ4v) is 4.46. The van der Waals surface area contributed by atoms with Gasteiger partial charge in [-0.25, -0.2) is 0 Å². The van der Waals surface area contributed by atoms with Gasteiger partial charge in [-0.1, -0.05) is 90.4 Å². The van der Waals surface area contributed by atoms with Gasteiger partial charge in [0.25, 0.3) is 0 Å². The molecule has 0 saturated heterocycles. The van der Waals surface area contributed by atoms with Crippen molar-refractivity contribution in [2.45, 2.75) is 115 Å². The second kappa shape index (κ2) is 9.18. The summed E-state index contributed by atoms with van der Waals surface area (Å²) in [6, 6.07) is 0. The summed E-state index contributed by atoms with van der Waals surface area (Å²) < 4.78 is 0. The zero-order chi connectivity index (χ0) is 15.0. The van der Waals surface area contributed by atoms with Crippen molar-refractivity contribution in [1.82, 2.24) is 0 Å². The van der Waals surface area contributed by atoms with E-state index < -0.39 is 0 Å². The lowest BCUT2D eigenvalue weighted by atomic mass is 9.84. The third-order valence-electron chi connectivity index (χ3n) is 6.01. The van der Waals surface area contributed by atoms with Crippen LogP contribution in [0.3, 0.4) is 0 Å². The average molecular weight is 295 g/mol. The molecule has 0 aromatic carbocycles. The Hall–Kier alpha value is -0.0400. The van der Waals surface area contributed by atoms with Gasteiger partial charge in [-0.3, -0.25) is 0 Å². The van der Waals surface area contributed by atoms with Gasteiger partial charge in [-0.2, -0.15) is 0 Å². The van der Waals surface area contributed by atoms with Gasteiger partial charge >= 0.3 is 0 Å². The third-order valence-corrected chi connectivity index (χ3v) is 6.01. The van der Waals surface area contributed by atoms with Crippen LogP contribution >= 0.6 is 0 Å². The van der Waals surface area contributed by atoms with Gasteiger partial charge in [-0.15, -0.1) is 0 Å². The highest BCUT2D eigenvalue weighted by molar-refractivity contribution is 5.00. The van der Waals surface area contributed by atoms with Crippen LogP contribution in [-0.2, 0) is 0 Å². The molecule has 0 amide bonds. The maximum Gasteiger partial charge on any atom is 0.0678 e. The van der Waals surface area contributed by atoms with Crippen LogP contribution in [0.4, 0.5) is 0 Å². The lowest BCUT2D eigenvalue weighted by Crippen LogP contribution is -2.32. The largest absolute Gasteiger partial charge is 0.390 e. The summed E-state index contributed by atoms with van der Waals surface area (Å²) in [7, 11) is 0. The molecule has 0 aliphatic heterocycles. The number of hydrogen-bond donors (Lipinski definition) is 1. The Labute approximate surface area is 132 Å². The van der Waals surface area contributed by atoms with Crippen LogP contribution in [0.1, 0.15) is 110 Å². The molecule has 0 unspecified atom stereocenters. The zero-order valence-electron chi connectivity index (χ0n) is 14.4. The highest BCUT2D eigenvalue weighted by Crippen LogP contribution is 2.52. The lowest BCUT2D eigenvalue weighted by Gasteiger charge is -2.29. The van der Waals surface area contributed by atoms with Crippen LogP contribution in [0.5, 0.6) is 0 Å². The van der Waals surface area contributed by atoms with E-state index in [4.69, 9.17) is 0 Å². The molecular formula is C20H38O. The molecule has 1 N–H and O–H groups in total. The van der Waals surface area contributed by atoms with Crippen LogP contribution in [0.25, 0.3) is 0 Å². The van der Waals surface area contributed by atoms with E-state index in [9.17, 15) is 5.11 Å². The zero-order valence-corrected chi connectivity index (χ0v) is 14.4. The van der Waals surface area contributed by atoms with Crippen LogP contribution < -0.4 is 0 Å². The SMILES string of the molecule is CCCC[C@]1(O)CCCCCCCCCCCC[C@H]2C[C@@H]21. The Morgan fingerprint density at radius 1 is 0.857 bits per heavy atom. The van der Waals surface area contributed by atoms with E-state index in [-0.39, 0.29) is 5.60 Å². The molecule has 2 rings (SSSR count). The molecule has 2 fully saturated rings. The van der Waals surface area contributed by atoms with E-state index in [1.807, 2.05) is 0 Å². The smallest absolute Gasteiger partial charge is 0.0678 e. The predicted molar refractivity (Wildman–Crippen MR) is 91.5 cm³/mol. The number of unbranched alkanes of at least 4 members (excludes halogenated alkanes) is 1. The number of hydrogen-bond acceptors (Lipinski definition) is 1. The monoisotopic (exact) mass is 294 g/mol. The van der Waals surface area contributed by atoms with Crippen LogP contribution in [0.15, 0.2) is 0 Å². The molecule has 2 saturated carbocycles. The minimum atomic E-state index is -0.305. The summed E-state index contributed by atoms with van der Waals surface area (Å²) in [6.45, 7) is 2.25. The maximum absolute atomic E-state index is 11.2.